The lowest BCUT2D eigenvalue weighted by Crippen LogP contribution is -2.65. The highest BCUT2D eigenvalue weighted by atomic mass is 15.4. The summed E-state index contributed by atoms with van der Waals surface area (Å²) >= 11 is 0. The maximum Gasteiger partial charge on any atom is 0.0287 e. The third-order valence-corrected chi connectivity index (χ3v) is 11.0. The van der Waals surface area contributed by atoms with Gasteiger partial charge >= 0.3 is 0 Å². The lowest BCUT2D eigenvalue weighted by molar-refractivity contribution is -0.208. The predicted octanol–water partition coefficient (Wildman–Crippen LogP) is 2.73. The molecule has 0 spiro atoms. The van der Waals surface area contributed by atoms with E-state index in [1.54, 1.807) is 0 Å². The molecule has 0 aromatic rings. The van der Waals surface area contributed by atoms with Crippen molar-refractivity contribution in [1.82, 2.24) is 10.9 Å². The van der Waals surface area contributed by atoms with Crippen molar-refractivity contribution in [2.45, 2.75) is 83.5 Å². The molecule has 0 bridgehead atoms. The summed E-state index contributed by atoms with van der Waals surface area (Å²) < 4.78 is 0. The van der Waals surface area contributed by atoms with E-state index in [1.165, 1.54) is 38.5 Å². The van der Waals surface area contributed by atoms with Crippen molar-refractivity contribution in [3.05, 3.63) is 0 Å². The minimum atomic E-state index is 0.271. The number of fused-ring (bicyclic) bond motifs is 7. The summed E-state index contributed by atoms with van der Waals surface area (Å²) in [4.78, 5) is 0. The quantitative estimate of drug-likeness (QED) is 0.484. The fourth-order valence-corrected chi connectivity index (χ4v) is 8.82. The van der Waals surface area contributed by atoms with Crippen molar-refractivity contribution in [1.29, 1.82) is 0 Å². The Labute approximate surface area is 171 Å². The van der Waals surface area contributed by atoms with E-state index >= 15 is 0 Å². The summed E-state index contributed by atoms with van der Waals surface area (Å²) in [6.45, 7) is 7.10. The van der Waals surface area contributed by atoms with Crippen LogP contribution in [0.25, 0.3) is 0 Å². The van der Waals surface area contributed by atoms with Crippen LogP contribution in [0.15, 0.2) is 0 Å². The molecule has 4 heteroatoms. The highest BCUT2D eigenvalue weighted by Crippen LogP contribution is 2.84. The molecule has 0 saturated heterocycles. The highest BCUT2D eigenvalue weighted by Gasteiger charge is 2.80. The van der Waals surface area contributed by atoms with Gasteiger partial charge in [-0.3, -0.25) is 10.9 Å². The molecular weight excluding hydrogens is 344 g/mol. The first-order valence-corrected chi connectivity index (χ1v) is 12.5. The highest BCUT2D eigenvalue weighted by molar-refractivity contribution is 5.28. The van der Waals surface area contributed by atoms with E-state index in [4.69, 9.17) is 11.5 Å². The normalized spacial score (nSPS) is 56.2. The summed E-state index contributed by atoms with van der Waals surface area (Å²) in [7, 11) is 0. The third-order valence-electron chi connectivity index (χ3n) is 11.0. The Kier molecular flexibility index (Phi) is 4.26. The molecule has 0 heterocycles. The van der Waals surface area contributed by atoms with Crippen LogP contribution in [0.1, 0.15) is 59.3 Å². The number of rotatable bonds is 8. The van der Waals surface area contributed by atoms with Crippen LogP contribution < -0.4 is 22.3 Å². The van der Waals surface area contributed by atoms with Crippen molar-refractivity contribution in [3.8, 4) is 0 Å². The molecule has 4 nitrogen and oxygen atoms in total. The first kappa shape index (κ1) is 18.6. The largest absolute Gasteiger partial charge is 0.328 e. The molecule has 6 aliphatic rings. The van der Waals surface area contributed by atoms with Gasteiger partial charge in [-0.2, -0.15) is 0 Å². The molecule has 158 valence electrons. The van der Waals surface area contributed by atoms with Gasteiger partial charge in [0, 0.05) is 24.2 Å². The van der Waals surface area contributed by atoms with Crippen LogP contribution in [0.4, 0.5) is 0 Å². The molecule has 28 heavy (non-hydrogen) atoms. The van der Waals surface area contributed by atoms with Gasteiger partial charge in [0.05, 0.1) is 0 Å². The van der Waals surface area contributed by atoms with E-state index in [0.717, 1.165) is 47.3 Å². The summed E-state index contributed by atoms with van der Waals surface area (Å²) in [5.41, 5.74) is 20.4. The monoisotopic (exact) mass is 386 g/mol. The zero-order chi connectivity index (χ0) is 19.3. The molecular formula is C24H42N4. The summed E-state index contributed by atoms with van der Waals surface area (Å²) in [6.07, 6.45) is 8.08. The van der Waals surface area contributed by atoms with Crippen LogP contribution in [0.2, 0.25) is 0 Å². The van der Waals surface area contributed by atoms with E-state index in [2.05, 4.69) is 31.6 Å². The molecule has 0 aromatic heterocycles. The van der Waals surface area contributed by atoms with Crippen LogP contribution in [0.5, 0.6) is 0 Å². The van der Waals surface area contributed by atoms with Crippen LogP contribution >= 0.6 is 0 Å². The predicted molar refractivity (Wildman–Crippen MR) is 113 cm³/mol. The fourth-order valence-electron chi connectivity index (χ4n) is 8.82. The summed E-state index contributed by atoms with van der Waals surface area (Å²) in [6, 6.07) is 1.82. The zero-order valence-corrected chi connectivity index (χ0v) is 18.1. The van der Waals surface area contributed by atoms with Crippen LogP contribution in [-0.2, 0) is 0 Å². The second-order valence-corrected chi connectivity index (χ2v) is 12.1. The Balaban J connectivity index is 1.03. The average Bonchev–Trinajstić information content (AvgIpc) is 3.18. The number of nitrogens with one attached hydrogen (secondary N) is 2. The van der Waals surface area contributed by atoms with Gasteiger partial charge in [-0.1, -0.05) is 20.3 Å². The molecule has 6 fully saturated rings. The second-order valence-electron chi connectivity index (χ2n) is 12.1. The summed E-state index contributed by atoms with van der Waals surface area (Å²) in [5, 5.41) is 0. The van der Waals surface area contributed by atoms with Crippen LogP contribution in [-0.4, -0.2) is 24.2 Å². The minimum absolute atomic E-state index is 0.271. The number of hydrogen-bond donors (Lipinski definition) is 4. The number of hydrazine groups is 1. The topological polar surface area (TPSA) is 76.1 Å². The average molecular weight is 387 g/mol. The Morgan fingerprint density at radius 1 is 0.893 bits per heavy atom. The van der Waals surface area contributed by atoms with E-state index < -0.39 is 0 Å². The fraction of sp³-hybridized carbons (Fsp3) is 1.00. The third kappa shape index (κ3) is 2.44. The molecule has 14 atom stereocenters. The van der Waals surface area contributed by atoms with Gasteiger partial charge in [0.15, 0.2) is 0 Å². The van der Waals surface area contributed by atoms with Crippen molar-refractivity contribution >= 4 is 0 Å². The molecule has 6 saturated carbocycles. The first-order valence-electron chi connectivity index (χ1n) is 12.5. The SMILES string of the molecule is CC1CC2C1C1C2C2C(CC(N)C(C)C3C[C@H](C(C)N)C3NNC3CCC3)C21. The van der Waals surface area contributed by atoms with Gasteiger partial charge in [-0.15, -0.1) is 0 Å². The molecule has 0 aromatic carbocycles. The Morgan fingerprint density at radius 2 is 1.64 bits per heavy atom. The molecule has 0 amide bonds. The lowest BCUT2D eigenvalue weighted by atomic mass is 9.36. The molecule has 6 rings (SSSR count). The first-order chi connectivity index (χ1) is 13.5. The maximum atomic E-state index is 6.84. The van der Waals surface area contributed by atoms with Gasteiger partial charge < -0.3 is 11.5 Å². The Morgan fingerprint density at radius 3 is 2.29 bits per heavy atom. The van der Waals surface area contributed by atoms with Crippen molar-refractivity contribution < 1.29 is 0 Å². The summed E-state index contributed by atoms with van der Waals surface area (Å²) in [5.74, 6) is 10.6. The number of hydrogen-bond acceptors (Lipinski definition) is 4. The second kappa shape index (κ2) is 6.42. The van der Waals surface area contributed by atoms with Gasteiger partial charge in [0.2, 0.25) is 0 Å². The van der Waals surface area contributed by atoms with E-state index in [1.807, 2.05) is 0 Å². The van der Waals surface area contributed by atoms with Crippen LogP contribution in [0.3, 0.4) is 0 Å². The maximum absolute atomic E-state index is 6.84. The molecule has 0 aliphatic heterocycles. The van der Waals surface area contributed by atoms with E-state index in [-0.39, 0.29) is 6.04 Å². The molecule has 13 unspecified atom stereocenters. The van der Waals surface area contributed by atoms with E-state index in [0.29, 0.717) is 35.9 Å². The standard InChI is InChI=1S/C24H42N4/c1-10-7-16-19(10)23-21(16)20-17(22(20)23)9-18(26)11(2)14-8-15(12(3)25)24(14)28-27-13-5-4-6-13/h10-24,27-28H,4-9,25-26H2,1-3H3/t10?,11?,12?,14?,15-,16?,17?,18?,19?,20?,21?,22?,23?,24?/m1/s1. The number of nitrogens with two attached hydrogens (primary N) is 2. The van der Waals surface area contributed by atoms with Crippen molar-refractivity contribution in [3.63, 3.8) is 0 Å². The van der Waals surface area contributed by atoms with Gasteiger partial charge in [-0.25, -0.2) is 0 Å². The van der Waals surface area contributed by atoms with Crippen molar-refractivity contribution in [2.24, 2.45) is 76.6 Å². The molecule has 6 N–H and O–H groups in total. The smallest absolute Gasteiger partial charge is 0.0287 e. The van der Waals surface area contributed by atoms with Crippen molar-refractivity contribution in [2.75, 3.05) is 0 Å². The minimum Gasteiger partial charge on any atom is -0.328 e. The van der Waals surface area contributed by atoms with Gasteiger partial charge in [0.25, 0.3) is 0 Å². The Hall–Kier alpha value is -0.160. The Bertz CT molecular complexity index is 618. The lowest BCUT2D eigenvalue weighted by Gasteiger charge is -2.68. The van der Waals surface area contributed by atoms with Gasteiger partial charge in [-0.05, 0) is 104 Å². The zero-order valence-electron chi connectivity index (χ0n) is 18.1. The van der Waals surface area contributed by atoms with Gasteiger partial charge in [0.1, 0.15) is 0 Å². The van der Waals surface area contributed by atoms with E-state index in [9.17, 15) is 0 Å². The molecule has 0 radical (unpaired) electrons. The van der Waals surface area contributed by atoms with Crippen LogP contribution in [0, 0.1) is 65.1 Å². The molecule has 6 aliphatic carbocycles.